The third-order valence-electron chi connectivity index (χ3n) is 3.44. The van der Waals surface area contributed by atoms with E-state index in [9.17, 15) is 4.79 Å². The summed E-state index contributed by atoms with van der Waals surface area (Å²) in [4.78, 5) is 22.0. The largest absolute Gasteiger partial charge is 0.324 e. The Morgan fingerprint density at radius 3 is 2.88 bits per heavy atom. The van der Waals surface area contributed by atoms with Gasteiger partial charge in [-0.05, 0) is 54.3 Å². The molecule has 1 amide bonds. The van der Waals surface area contributed by atoms with E-state index in [4.69, 9.17) is 11.6 Å². The van der Waals surface area contributed by atoms with Gasteiger partial charge in [0.1, 0.15) is 0 Å². The maximum Gasteiger partial charge on any atom is 0.234 e. The van der Waals surface area contributed by atoms with E-state index in [0.29, 0.717) is 15.9 Å². The summed E-state index contributed by atoms with van der Waals surface area (Å²) in [6.45, 7) is 2.08. The van der Waals surface area contributed by atoms with Crippen molar-refractivity contribution in [1.29, 1.82) is 0 Å². The number of halogens is 1. The van der Waals surface area contributed by atoms with Crippen molar-refractivity contribution in [3.05, 3.63) is 69.1 Å². The third-order valence-corrected chi connectivity index (χ3v) is 5.62. The molecule has 2 aromatic heterocycles. The zero-order valence-corrected chi connectivity index (χ0v) is 16.4. The van der Waals surface area contributed by atoms with Crippen LogP contribution >= 0.6 is 34.7 Å². The number of rotatable bonds is 6. The standard InChI is InChI=1S/C19H16ClN3OS2/c1-13-9-11-25-17(13)7-6-14-8-10-21-19(22-14)26-12-18(24)23-16-5-3-2-4-15(16)20/h2-11H,12H2,1H3,(H,23,24). The van der Waals surface area contributed by atoms with Crippen molar-refractivity contribution < 1.29 is 4.79 Å². The number of hydrogen-bond acceptors (Lipinski definition) is 5. The van der Waals surface area contributed by atoms with E-state index in [1.54, 1.807) is 29.7 Å². The lowest BCUT2D eigenvalue weighted by molar-refractivity contribution is -0.113. The van der Waals surface area contributed by atoms with Crippen LogP contribution in [0.5, 0.6) is 0 Å². The van der Waals surface area contributed by atoms with Gasteiger partial charge in [-0.2, -0.15) is 0 Å². The Bertz CT molecular complexity index is 940. The average molecular weight is 402 g/mol. The van der Waals surface area contributed by atoms with Crippen LogP contribution in [0.25, 0.3) is 12.2 Å². The van der Waals surface area contributed by atoms with Crippen molar-refractivity contribution in [3.8, 4) is 0 Å². The molecule has 0 aliphatic rings. The molecule has 0 aliphatic heterocycles. The monoisotopic (exact) mass is 401 g/mol. The topological polar surface area (TPSA) is 54.9 Å². The molecule has 132 valence electrons. The lowest BCUT2D eigenvalue weighted by Crippen LogP contribution is -2.14. The molecule has 4 nitrogen and oxygen atoms in total. The minimum atomic E-state index is -0.151. The highest BCUT2D eigenvalue weighted by Gasteiger charge is 2.07. The Morgan fingerprint density at radius 2 is 2.12 bits per heavy atom. The smallest absolute Gasteiger partial charge is 0.234 e. The van der Waals surface area contributed by atoms with Gasteiger partial charge in [-0.25, -0.2) is 9.97 Å². The van der Waals surface area contributed by atoms with Crippen molar-refractivity contribution in [2.75, 3.05) is 11.1 Å². The highest BCUT2D eigenvalue weighted by atomic mass is 35.5. The molecule has 0 atom stereocenters. The lowest BCUT2D eigenvalue weighted by Gasteiger charge is -2.06. The fourth-order valence-corrected chi connectivity index (χ4v) is 3.75. The average Bonchev–Trinajstić information content (AvgIpc) is 3.05. The maximum absolute atomic E-state index is 12.1. The van der Waals surface area contributed by atoms with Crippen LogP contribution in [0, 0.1) is 6.92 Å². The van der Waals surface area contributed by atoms with Gasteiger partial charge in [0, 0.05) is 11.1 Å². The quantitative estimate of drug-likeness (QED) is 0.443. The number of para-hydroxylation sites is 1. The van der Waals surface area contributed by atoms with Crippen molar-refractivity contribution in [2.45, 2.75) is 12.1 Å². The van der Waals surface area contributed by atoms with E-state index in [0.717, 1.165) is 5.69 Å². The van der Waals surface area contributed by atoms with Gasteiger partial charge in [-0.15, -0.1) is 11.3 Å². The predicted octanol–water partition coefficient (Wildman–Crippen LogP) is 5.40. The summed E-state index contributed by atoms with van der Waals surface area (Å²) in [6.07, 6.45) is 5.69. The molecule has 0 aliphatic carbocycles. The molecule has 0 bridgehead atoms. The molecular weight excluding hydrogens is 386 g/mol. The van der Waals surface area contributed by atoms with E-state index >= 15 is 0 Å². The molecule has 26 heavy (non-hydrogen) atoms. The molecule has 0 spiro atoms. The number of hydrogen-bond donors (Lipinski definition) is 1. The summed E-state index contributed by atoms with van der Waals surface area (Å²) in [6, 6.07) is 11.1. The number of benzene rings is 1. The summed E-state index contributed by atoms with van der Waals surface area (Å²) in [5.74, 6) is 0.0597. The molecule has 1 aromatic carbocycles. The van der Waals surface area contributed by atoms with Crippen LogP contribution in [-0.2, 0) is 4.79 Å². The van der Waals surface area contributed by atoms with Crippen LogP contribution in [0.15, 0.2) is 53.1 Å². The molecule has 3 rings (SSSR count). The van der Waals surface area contributed by atoms with Crippen molar-refractivity contribution in [3.63, 3.8) is 0 Å². The summed E-state index contributed by atoms with van der Waals surface area (Å²) in [5, 5.41) is 5.92. The zero-order chi connectivity index (χ0) is 18.4. The second-order valence-electron chi connectivity index (χ2n) is 5.38. The first-order chi connectivity index (χ1) is 12.6. The van der Waals surface area contributed by atoms with Crippen LogP contribution < -0.4 is 5.32 Å². The molecule has 2 heterocycles. The van der Waals surface area contributed by atoms with Crippen molar-refractivity contribution >= 4 is 58.4 Å². The Kier molecular flexibility index (Phi) is 6.44. The Morgan fingerprint density at radius 1 is 1.27 bits per heavy atom. The predicted molar refractivity (Wildman–Crippen MR) is 111 cm³/mol. The number of carbonyl (C=O) groups excluding carboxylic acids is 1. The Hall–Kier alpha value is -2.15. The van der Waals surface area contributed by atoms with Crippen LogP contribution in [0.3, 0.4) is 0 Å². The molecule has 7 heteroatoms. The molecule has 0 unspecified atom stereocenters. The van der Waals surface area contributed by atoms with E-state index in [1.807, 2.05) is 30.4 Å². The van der Waals surface area contributed by atoms with Crippen LogP contribution in [0.4, 0.5) is 5.69 Å². The summed E-state index contributed by atoms with van der Waals surface area (Å²) in [7, 11) is 0. The van der Waals surface area contributed by atoms with Crippen molar-refractivity contribution in [2.24, 2.45) is 0 Å². The number of thiophene rings is 1. The van der Waals surface area contributed by atoms with Gasteiger partial charge in [0.15, 0.2) is 5.16 Å². The number of nitrogens with one attached hydrogen (secondary N) is 1. The zero-order valence-electron chi connectivity index (χ0n) is 14.0. The summed E-state index contributed by atoms with van der Waals surface area (Å²) in [5.41, 5.74) is 2.65. The van der Waals surface area contributed by atoms with Crippen LogP contribution in [-0.4, -0.2) is 21.6 Å². The minimum Gasteiger partial charge on any atom is -0.324 e. The molecule has 3 aromatic rings. The second kappa shape index (κ2) is 8.98. The van der Waals surface area contributed by atoms with E-state index in [1.165, 1.54) is 22.2 Å². The van der Waals surface area contributed by atoms with Gasteiger partial charge in [0.2, 0.25) is 5.91 Å². The van der Waals surface area contributed by atoms with Gasteiger partial charge in [0.25, 0.3) is 0 Å². The fraction of sp³-hybridized carbons (Fsp3) is 0.105. The van der Waals surface area contributed by atoms with Gasteiger partial charge >= 0.3 is 0 Å². The molecule has 1 N–H and O–H groups in total. The summed E-state index contributed by atoms with van der Waals surface area (Å²) < 4.78 is 0. The third kappa shape index (κ3) is 5.17. The summed E-state index contributed by atoms with van der Waals surface area (Å²) >= 11 is 9.02. The van der Waals surface area contributed by atoms with Crippen molar-refractivity contribution in [1.82, 2.24) is 9.97 Å². The number of thioether (sulfide) groups is 1. The lowest BCUT2D eigenvalue weighted by atomic mass is 10.2. The number of carbonyl (C=O) groups is 1. The molecule has 0 radical (unpaired) electrons. The fourth-order valence-electron chi connectivity index (χ4n) is 2.11. The number of nitrogens with zero attached hydrogens (tertiary/aromatic N) is 2. The van der Waals surface area contributed by atoms with E-state index in [-0.39, 0.29) is 11.7 Å². The molecule has 0 saturated carbocycles. The Labute approximate surface area is 165 Å². The first kappa shape index (κ1) is 18.6. The normalized spacial score (nSPS) is 11.0. The first-order valence-electron chi connectivity index (χ1n) is 7.84. The highest BCUT2D eigenvalue weighted by Crippen LogP contribution is 2.22. The highest BCUT2D eigenvalue weighted by molar-refractivity contribution is 7.99. The number of aromatic nitrogens is 2. The van der Waals surface area contributed by atoms with Crippen LogP contribution in [0.1, 0.15) is 16.1 Å². The molecule has 0 fully saturated rings. The number of amides is 1. The number of aryl methyl sites for hydroxylation is 1. The molecule has 0 saturated heterocycles. The van der Waals surface area contributed by atoms with E-state index < -0.39 is 0 Å². The van der Waals surface area contributed by atoms with Gasteiger partial charge in [0.05, 0.1) is 22.2 Å². The number of anilines is 1. The SMILES string of the molecule is Cc1ccsc1C=Cc1ccnc(SCC(=O)Nc2ccccc2Cl)n1. The first-order valence-corrected chi connectivity index (χ1v) is 10.1. The van der Waals surface area contributed by atoms with E-state index in [2.05, 4.69) is 33.7 Å². The van der Waals surface area contributed by atoms with Gasteiger partial charge in [-0.1, -0.05) is 35.5 Å². The van der Waals surface area contributed by atoms with Gasteiger partial charge in [-0.3, -0.25) is 4.79 Å². The van der Waals surface area contributed by atoms with Crippen LogP contribution in [0.2, 0.25) is 5.02 Å². The second-order valence-corrected chi connectivity index (χ2v) is 7.68. The Balaban J connectivity index is 1.58. The minimum absolute atomic E-state index is 0.151. The molecular formula is C19H16ClN3OS2. The maximum atomic E-state index is 12.1. The van der Waals surface area contributed by atoms with Gasteiger partial charge < -0.3 is 5.32 Å².